The smallest absolute Gasteiger partial charge is 0.273 e. The van der Waals surface area contributed by atoms with Crippen LogP contribution in [0.5, 0.6) is 0 Å². The predicted molar refractivity (Wildman–Crippen MR) is 114 cm³/mol. The van der Waals surface area contributed by atoms with E-state index in [1.807, 2.05) is 84.6 Å². The first-order chi connectivity index (χ1) is 14.0. The molecule has 2 heterocycles. The lowest BCUT2D eigenvalue weighted by molar-refractivity contribution is -0.125. The minimum Gasteiger partial charge on any atom is -0.348 e. The molecule has 2 atom stereocenters. The highest BCUT2D eigenvalue weighted by atomic mass is 16.2. The monoisotopic (exact) mass is 388 g/mol. The van der Waals surface area contributed by atoms with Crippen LogP contribution in [0.4, 0.5) is 0 Å². The maximum Gasteiger partial charge on any atom is 0.273 e. The third kappa shape index (κ3) is 3.31. The van der Waals surface area contributed by atoms with Gasteiger partial charge in [0.1, 0.15) is 6.04 Å². The van der Waals surface area contributed by atoms with Crippen molar-refractivity contribution in [3.05, 3.63) is 82.3 Å². The maximum absolute atomic E-state index is 13.3. The summed E-state index contributed by atoms with van der Waals surface area (Å²) < 4.78 is 3.84. The van der Waals surface area contributed by atoms with Gasteiger partial charge in [0.25, 0.3) is 5.56 Å². The lowest BCUT2D eigenvalue weighted by Gasteiger charge is -2.23. The highest BCUT2D eigenvalue weighted by Crippen LogP contribution is 2.27. The Hall–Kier alpha value is -3.41. The van der Waals surface area contributed by atoms with E-state index in [4.69, 9.17) is 0 Å². The van der Waals surface area contributed by atoms with E-state index >= 15 is 0 Å². The Labute approximate surface area is 168 Å². The number of carbonyl (C=O) groups excluding carboxylic acids is 1. The van der Waals surface area contributed by atoms with Crippen LogP contribution in [0.1, 0.15) is 43.6 Å². The molecule has 4 rings (SSSR count). The van der Waals surface area contributed by atoms with Crippen molar-refractivity contribution in [1.82, 2.24) is 19.5 Å². The second-order valence-corrected chi connectivity index (χ2v) is 7.30. The molecule has 0 aliphatic heterocycles. The van der Waals surface area contributed by atoms with Gasteiger partial charge in [-0.25, -0.2) is 4.52 Å². The fourth-order valence-corrected chi connectivity index (χ4v) is 3.92. The van der Waals surface area contributed by atoms with Gasteiger partial charge < -0.3 is 5.32 Å². The van der Waals surface area contributed by atoms with Gasteiger partial charge in [-0.2, -0.15) is 4.98 Å². The summed E-state index contributed by atoms with van der Waals surface area (Å²) in [4.78, 5) is 29.5. The highest BCUT2D eigenvalue weighted by molar-refractivity contribution is 5.94. The van der Waals surface area contributed by atoms with Gasteiger partial charge >= 0.3 is 0 Å². The highest BCUT2D eigenvalue weighted by Gasteiger charge is 2.25. The van der Waals surface area contributed by atoms with Crippen LogP contribution in [0.3, 0.4) is 0 Å². The number of nitrogens with zero attached hydrogens (tertiary/aromatic N) is 3. The van der Waals surface area contributed by atoms with Crippen LogP contribution in [0.25, 0.3) is 16.6 Å². The van der Waals surface area contributed by atoms with E-state index in [1.54, 1.807) is 0 Å². The molecule has 0 spiro atoms. The van der Waals surface area contributed by atoms with Crippen LogP contribution in [-0.2, 0) is 4.79 Å². The Morgan fingerprint density at radius 3 is 2.52 bits per heavy atom. The third-order valence-corrected chi connectivity index (χ3v) is 5.33. The van der Waals surface area contributed by atoms with Gasteiger partial charge in [0.2, 0.25) is 5.91 Å². The molecule has 6 heteroatoms. The van der Waals surface area contributed by atoms with Crippen molar-refractivity contribution in [3.63, 3.8) is 0 Å². The average Bonchev–Trinajstić information content (AvgIpc) is 3.04. The second kappa shape index (κ2) is 7.54. The number of carbonyl (C=O) groups is 1. The Kier molecular flexibility index (Phi) is 4.92. The van der Waals surface area contributed by atoms with E-state index in [1.165, 1.54) is 6.07 Å². The Bertz CT molecular complexity index is 1240. The molecule has 0 aliphatic carbocycles. The van der Waals surface area contributed by atoms with Crippen molar-refractivity contribution in [3.8, 4) is 0 Å². The van der Waals surface area contributed by atoms with Gasteiger partial charge in [-0.05, 0) is 38.0 Å². The van der Waals surface area contributed by atoms with Crippen LogP contribution < -0.4 is 10.9 Å². The summed E-state index contributed by atoms with van der Waals surface area (Å²) in [7, 11) is 0. The van der Waals surface area contributed by atoms with Crippen LogP contribution in [0, 0.1) is 6.92 Å². The van der Waals surface area contributed by atoms with E-state index in [2.05, 4.69) is 10.3 Å². The van der Waals surface area contributed by atoms with Gasteiger partial charge in [-0.15, -0.1) is 0 Å². The van der Waals surface area contributed by atoms with Crippen LogP contribution in [-0.4, -0.2) is 20.1 Å². The summed E-state index contributed by atoms with van der Waals surface area (Å²) in [6.45, 7) is 5.83. The molecular weight excluding hydrogens is 364 g/mol. The number of hydrogen-bond acceptors (Lipinski definition) is 3. The van der Waals surface area contributed by atoms with Gasteiger partial charge in [0.05, 0.1) is 11.6 Å². The number of fused-ring (bicyclic) bond motifs is 3. The first-order valence-electron chi connectivity index (χ1n) is 9.86. The molecule has 2 aromatic carbocycles. The maximum atomic E-state index is 13.3. The van der Waals surface area contributed by atoms with Gasteiger partial charge in [-0.1, -0.05) is 49.4 Å². The standard InChI is InChI=1S/C23H24N4O2/c1-4-19(23(29)24-16(3)17-10-6-5-7-11-17)27-20-13-9-8-12-18(20)22-25-21(28)14-15(2)26(22)27/h5-14,16,19H,4H2,1-3H3,(H,24,29)/t16-,19-/m1/s1. The summed E-state index contributed by atoms with van der Waals surface area (Å²) in [6, 6.07) is 18.6. The molecule has 0 radical (unpaired) electrons. The number of nitrogens with one attached hydrogen (secondary N) is 1. The van der Waals surface area contributed by atoms with Crippen molar-refractivity contribution in [2.45, 2.75) is 39.3 Å². The molecule has 1 amide bonds. The fraction of sp³-hybridized carbons (Fsp3) is 0.261. The average molecular weight is 388 g/mol. The lowest BCUT2D eigenvalue weighted by atomic mass is 10.1. The molecule has 0 saturated heterocycles. The quantitative estimate of drug-likeness (QED) is 0.566. The lowest BCUT2D eigenvalue weighted by Crippen LogP contribution is -2.35. The normalized spacial score (nSPS) is 13.5. The molecule has 0 unspecified atom stereocenters. The number of amides is 1. The van der Waals surface area contributed by atoms with Crippen molar-refractivity contribution >= 4 is 22.5 Å². The van der Waals surface area contributed by atoms with Gasteiger partial charge in [0.15, 0.2) is 5.65 Å². The molecule has 0 bridgehead atoms. The minimum atomic E-state index is -0.438. The van der Waals surface area contributed by atoms with Crippen LogP contribution in [0.2, 0.25) is 0 Å². The van der Waals surface area contributed by atoms with Crippen molar-refractivity contribution in [1.29, 1.82) is 0 Å². The van der Waals surface area contributed by atoms with Crippen molar-refractivity contribution < 1.29 is 4.79 Å². The topological polar surface area (TPSA) is 68.4 Å². The molecule has 0 aliphatic rings. The summed E-state index contributed by atoms with van der Waals surface area (Å²) in [5.41, 5.74) is 2.98. The van der Waals surface area contributed by atoms with E-state index in [9.17, 15) is 9.59 Å². The van der Waals surface area contributed by atoms with Crippen molar-refractivity contribution in [2.24, 2.45) is 0 Å². The third-order valence-electron chi connectivity index (χ3n) is 5.33. The molecule has 0 saturated carbocycles. The van der Waals surface area contributed by atoms with E-state index < -0.39 is 6.04 Å². The Morgan fingerprint density at radius 2 is 1.79 bits per heavy atom. The Balaban J connectivity index is 1.83. The predicted octanol–water partition coefficient (Wildman–Crippen LogP) is 3.79. The first-order valence-corrected chi connectivity index (χ1v) is 9.86. The number of hydrogen-bond donors (Lipinski definition) is 1. The number of benzene rings is 2. The van der Waals surface area contributed by atoms with Crippen LogP contribution in [0.15, 0.2) is 65.5 Å². The fourth-order valence-electron chi connectivity index (χ4n) is 3.92. The zero-order chi connectivity index (χ0) is 20.5. The summed E-state index contributed by atoms with van der Waals surface area (Å²) in [5.74, 6) is -0.0652. The number of aromatic nitrogens is 3. The van der Waals surface area contributed by atoms with Crippen molar-refractivity contribution in [2.75, 3.05) is 0 Å². The molecule has 2 aromatic heterocycles. The van der Waals surface area contributed by atoms with Gasteiger partial charge in [-0.3, -0.25) is 14.3 Å². The largest absolute Gasteiger partial charge is 0.348 e. The van der Waals surface area contributed by atoms with Crippen LogP contribution >= 0.6 is 0 Å². The first kappa shape index (κ1) is 18.9. The zero-order valence-corrected chi connectivity index (χ0v) is 16.8. The summed E-state index contributed by atoms with van der Waals surface area (Å²) in [6.07, 6.45) is 0.604. The van der Waals surface area contributed by atoms with Gasteiger partial charge in [0, 0.05) is 17.1 Å². The molecule has 1 N–H and O–H groups in total. The Morgan fingerprint density at radius 1 is 1.10 bits per heavy atom. The number of rotatable bonds is 5. The number of para-hydroxylation sites is 1. The van der Waals surface area contributed by atoms with E-state index in [-0.39, 0.29) is 17.5 Å². The summed E-state index contributed by atoms with van der Waals surface area (Å²) >= 11 is 0. The number of aryl methyl sites for hydroxylation is 1. The van der Waals surface area contributed by atoms with E-state index in [0.29, 0.717) is 12.1 Å². The summed E-state index contributed by atoms with van der Waals surface area (Å²) in [5, 5.41) is 4.00. The molecule has 148 valence electrons. The molecule has 0 fully saturated rings. The second-order valence-electron chi connectivity index (χ2n) is 7.30. The molecule has 29 heavy (non-hydrogen) atoms. The minimum absolute atomic E-state index is 0.0652. The zero-order valence-electron chi connectivity index (χ0n) is 16.8. The van der Waals surface area contributed by atoms with E-state index in [0.717, 1.165) is 22.2 Å². The molecule has 6 nitrogen and oxygen atoms in total. The SMILES string of the molecule is CC[C@H](C(=O)N[C@H](C)c1ccccc1)n1c2ccccc2c2nc(=O)cc(C)n21. The molecule has 4 aromatic rings. The molecular formula is C23H24N4O2.